The molecule has 0 saturated heterocycles. The first kappa shape index (κ1) is 11.5. The lowest BCUT2D eigenvalue weighted by Gasteiger charge is -2.10. The van der Waals surface area contributed by atoms with Gasteiger partial charge in [0.05, 0.1) is 5.02 Å². The van der Waals surface area contributed by atoms with Crippen LogP contribution in [0.5, 0.6) is 0 Å². The highest BCUT2D eigenvalue weighted by Crippen LogP contribution is 2.36. The topological polar surface area (TPSA) is 26.0 Å². The van der Waals surface area contributed by atoms with Gasteiger partial charge in [0.1, 0.15) is 0 Å². The van der Waals surface area contributed by atoms with Crippen molar-refractivity contribution in [3.05, 3.63) is 51.5 Å². The van der Waals surface area contributed by atoms with Gasteiger partial charge in [-0.1, -0.05) is 35.9 Å². The van der Waals surface area contributed by atoms with Gasteiger partial charge in [0.2, 0.25) is 0 Å². The van der Waals surface area contributed by atoms with Gasteiger partial charge in [0, 0.05) is 15.7 Å². The van der Waals surface area contributed by atoms with Crippen LogP contribution in [-0.4, -0.2) is 0 Å². The third kappa shape index (κ3) is 1.95. The van der Waals surface area contributed by atoms with Crippen molar-refractivity contribution in [1.82, 2.24) is 0 Å². The van der Waals surface area contributed by atoms with Crippen LogP contribution in [0, 0.1) is 6.92 Å². The number of nitrogen functional groups attached to an aromatic ring is 1. The van der Waals surface area contributed by atoms with Gasteiger partial charge in [0.25, 0.3) is 0 Å². The molecule has 16 heavy (non-hydrogen) atoms. The van der Waals surface area contributed by atoms with Gasteiger partial charge in [-0.2, -0.15) is 0 Å². The normalized spacial score (nSPS) is 10.4. The van der Waals surface area contributed by atoms with Crippen LogP contribution in [0.25, 0.3) is 11.1 Å². The highest BCUT2D eigenvalue weighted by molar-refractivity contribution is 9.10. The van der Waals surface area contributed by atoms with Gasteiger partial charge in [0.15, 0.2) is 0 Å². The largest absolute Gasteiger partial charge is 0.398 e. The molecule has 0 unspecified atom stereocenters. The van der Waals surface area contributed by atoms with E-state index in [4.69, 9.17) is 17.3 Å². The van der Waals surface area contributed by atoms with Crippen molar-refractivity contribution in [3.8, 4) is 11.1 Å². The molecule has 0 aromatic heterocycles. The summed E-state index contributed by atoms with van der Waals surface area (Å²) in [5, 5.41) is 0.719. The molecule has 0 aliphatic rings. The van der Waals surface area contributed by atoms with Crippen molar-refractivity contribution < 1.29 is 0 Å². The molecule has 0 saturated carbocycles. The molecule has 0 aliphatic heterocycles. The summed E-state index contributed by atoms with van der Waals surface area (Å²) >= 11 is 9.69. The van der Waals surface area contributed by atoms with Crippen LogP contribution < -0.4 is 5.73 Å². The van der Waals surface area contributed by atoms with Gasteiger partial charge in [-0.3, -0.25) is 0 Å². The minimum absolute atomic E-state index is 0.719. The molecule has 0 spiro atoms. The highest BCUT2D eigenvalue weighted by Gasteiger charge is 2.09. The Morgan fingerprint density at radius 1 is 1.06 bits per heavy atom. The lowest BCUT2D eigenvalue weighted by Crippen LogP contribution is -1.92. The molecule has 0 heterocycles. The Hall–Kier alpha value is -0.990. The quantitative estimate of drug-likeness (QED) is 0.761. The summed E-state index contributed by atoms with van der Waals surface area (Å²) in [6.07, 6.45) is 0. The summed E-state index contributed by atoms with van der Waals surface area (Å²) in [5.74, 6) is 0. The van der Waals surface area contributed by atoms with Crippen molar-refractivity contribution in [2.45, 2.75) is 6.92 Å². The molecule has 0 radical (unpaired) electrons. The monoisotopic (exact) mass is 295 g/mol. The van der Waals surface area contributed by atoms with E-state index in [1.54, 1.807) is 0 Å². The minimum atomic E-state index is 0.719. The molecule has 0 bridgehead atoms. The van der Waals surface area contributed by atoms with E-state index in [0.717, 1.165) is 31.9 Å². The summed E-state index contributed by atoms with van der Waals surface area (Å²) in [5.41, 5.74) is 9.81. The number of halogens is 2. The summed E-state index contributed by atoms with van der Waals surface area (Å²) < 4.78 is 0.897. The van der Waals surface area contributed by atoms with E-state index in [1.807, 2.05) is 43.3 Å². The smallest absolute Gasteiger partial charge is 0.0626 e. The molecule has 2 N–H and O–H groups in total. The fourth-order valence-electron chi connectivity index (χ4n) is 1.66. The fourth-order valence-corrected chi connectivity index (χ4v) is 2.25. The third-order valence-corrected chi connectivity index (χ3v) is 3.91. The molecule has 2 rings (SSSR count). The average molecular weight is 297 g/mol. The molecular formula is C13H11BrClN. The number of benzene rings is 2. The Balaban J connectivity index is 2.68. The molecule has 0 atom stereocenters. The van der Waals surface area contributed by atoms with E-state index in [0.29, 0.717) is 0 Å². The predicted octanol–water partition coefficient (Wildman–Crippen LogP) is 4.66. The summed E-state index contributed by atoms with van der Waals surface area (Å²) in [4.78, 5) is 0. The van der Waals surface area contributed by atoms with Gasteiger partial charge in [-0.25, -0.2) is 0 Å². The number of hydrogen-bond donors (Lipinski definition) is 1. The molecule has 0 fully saturated rings. The standard InChI is InChI=1S/C13H11BrClN/c1-8-9(4-3-7-12(8)16)10-5-2-6-11(14)13(10)15/h2-7H,16H2,1H3. The lowest BCUT2D eigenvalue weighted by molar-refractivity contribution is 1.45. The van der Waals surface area contributed by atoms with E-state index >= 15 is 0 Å². The number of anilines is 1. The summed E-state index contributed by atoms with van der Waals surface area (Å²) in [7, 11) is 0. The molecule has 82 valence electrons. The molecule has 2 aromatic carbocycles. The van der Waals surface area contributed by atoms with Gasteiger partial charge in [-0.15, -0.1) is 0 Å². The van der Waals surface area contributed by atoms with E-state index in [2.05, 4.69) is 15.9 Å². The Bertz CT molecular complexity index is 488. The molecule has 0 amide bonds. The van der Waals surface area contributed by atoms with Crippen LogP contribution in [0.15, 0.2) is 40.9 Å². The zero-order chi connectivity index (χ0) is 11.7. The van der Waals surface area contributed by atoms with Crippen LogP contribution in [0.1, 0.15) is 5.56 Å². The van der Waals surface area contributed by atoms with E-state index in [9.17, 15) is 0 Å². The molecular weight excluding hydrogens is 286 g/mol. The second-order valence-electron chi connectivity index (χ2n) is 3.62. The average Bonchev–Trinajstić information content (AvgIpc) is 2.27. The number of hydrogen-bond acceptors (Lipinski definition) is 1. The maximum atomic E-state index is 6.26. The van der Waals surface area contributed by atoms with Crippen molar-refractivity contribution >= 4 is 33.2 Å². The Kier molecular flexibility index (Phi) is 3.22. The second kappa shape index (κ2) is 4.48. The van der Waals surface area contributed by atoms with Crippen molar-refractivity contribution in [3.63, 3.8) is 0 Å². The zero-order valence-electron chi connectivity index (χ0n) is 8.80. The fraction of sp³-hybridized carbons (Fsp3) is 0.0769. The Labute approximate surface area is 108 Å². The van der Waals surface area contributed by atoms with Gasteiger partial charge >= 0.3 is 0 Å². The van der Waals surface area contributed by atoms with Gasteiger partial charge in [-0.05, 0) is 46.1 Å². The first-order valence-corrected chi connectivity index (χ1v) is 6.08. The maximum absolute atomic E-state index is 6.26. The van der Waals surface area contributed by atoms with Crippen LogP contribution in [-0.2, 0) is 0 Å². The van der Waals surface area contributed by atoms with E-state index in [1.165, 1.54) is 0 Å². The third-order valence-electron chi connectivity index (χ3n) is 2.62. The number of rotatable bonds is 1. The molecule has 0 aliphatic carbocycles. The first-order chi connectivity index (χ1) is 7.61. The number of nitrogens with two attached hydrogens (primary N) is 1. The first-order valence-electron chi connectivity index (χ1n) is 4.90. The second-order valence-corrected chi connectivity index (χ2v) is 4.85. The van der Waals surface area contributed by atoms with Crippen LogP contribution >= 0.6 is 27.5 Å². The van der Waals surface area contributed by atoms with Crippen molar-refractivity contribution in [1.29, 1.82) is 0 Å². The van der Waals surface area contributed by atoms with Crippen molar-refractivity contribution in [2.75, 3.05) is 5.73 Å². The van der Waals surface area contributed by atoms with Crippen LogP contribution in [0.4, 0.5) is 5.69 Å². The van der Waals surface area contributed by atoms with Crippen LogP contribution in [0.2, 0.25) is 5.02 Å². The van der Waals surface area contributed by atoms with E-state index in [-0.39, 0.29) is 0 Å². The maximum Gasteiger partial charge on any atom is 0.0626 e. The SMILES string of the molecule is Cc1c(N)cccc1-c1cccc(Br)c1Cl. The molecule has 1 nitrogen and oxygen atoms in total. The highest BCUT2D eigenvalue weighted by atomic mass is 79.9. The predicted molar refractivity (Wildman–Crippen MR) is 73.7 cm³/mol. The van der Waals surface area contributed by atoms with E-state index < -0.39 is 0 Å². The van der Waals surface area contributed by atoms with Crippen molar-refractivity contribution in [2.24, 2.45) is 0 Å². The minimum Gasteiger partial charge on any atom is -0.398 e. The zero-order valence-corrected chi connectivity index (χ0v) is 11.1. The Morgan fingerprint density at radius 2 is 1.69 bits per heavy atom. The molecule has 3 heteroatoms. The lowest BCUT2D eigenvalue weighted by atomic mass is 9.99. The van der Waals surface area contributed by atoms with Gasteiger partial charge < -0.3 is 5.73 Å². The summed E-state index contributed by atoms with van der Waals surface area (Å²) in [6.45, 7) is 2.00. The van der Waals surface area contributed by atoms with Crippen LogP contribution in [0.3, 0.4) is 0 Å². The molecule has 2 aromatic rings. The summed E-state index contributed by atoms with van der Waals surface area (Å²) in [6, 6.07) is 11.7. The Morgan fingerprint density at radius 3 is 2.44 bits per heavy atom.